The minimum atomic E-state index is -0.132. The zero-order chi connectivity index (χ0) is 13.8. The van der Waals surface area contributed by atoms with Gasteiger partial charge in [-0.1, -0.05) is 6.92 Å². The second kappa shape index (κ2) is 7.52. The molecule has 1 saturated heterocycles. The average molecular weight is 301 g/mol. The van der Waals surface area contributed by atoms with Gasteiger partial charge in [0.2, 0.25) is 0 Å². The van der Waals surface area contributed by atoms with E-state index in [1.54, 1.807) is 13.3 Å². The molecule has 1 fully saturated rings. The van der Waals surface area contributed by atoms with Crippen molar-refractivity contribution in [3.8, 4) is 0 Å². The van der Waals surface area contributed by atoms with E-state index in [9.17, 15) is 4.79 Å². The number of rotatable bonds is 4. The first-order valence-electron chi connectivity index (χ1n) is 6.52. The molecule has 0 aliphatic carbocycles. The van der Waals surface area contributed by atoms with Crippen LogP contribution in [0.4, 0.5) is 0 Å². The van der Waals surface area contributed by atoms with Gasteiger partial charge in [0.25, 0.3) is 5.91 Å². The number of amides is 1. The molecule has 0 radical (unpaired) electrons. The van der Waals surface area contributed by atoms with Crippen molar-refractivity contribution in [2.45, 2.75) is 32.4 Å². The number of aromatic nitrogens is 2. The molecule has 0 saturated carbocycles. The number of methoxy groups -OCH3 is 1. The van der Waals surface area contributed by atoms with Crippen LogP contribution in [-0.2, 0) is 11.2 Å². The minimum absolute atomic E-state index is 0. The van der Waals surface area contributed by atoms with Gasteiger partial charge < -0.3 is 15.4 Å². The van der Waals surface area contributed by atoms with E-state index < -0.39 is 0 Å². The van der Waals surface area contributed by atoms with Gasteiger partial charge in [-0.05, 0) is 13.3 Å². The van der Waals surface area contributed by atoms with E-state index in [1.807, 2.05) is 13.8 Å². The van der Waals surface area contributed by atoms with Crippen molar-refractivity contribution in [1.82, 2.24) is 20.6 Å². The summed E-state index contributed by atoms with van der Waals surface area (Å²) in [5.74, 6) is 0.554. The van der Waals surface area contributed by atoms with Crippen LogP contribution < -0.4 is 10.6 Å². The van der Waals surface area contributed by atoms with Crippen LogP contribution in [0.3, 0.4) is 0 Å². The molecule has 20 heavy (non-hydrogen) atoms. The number of nitrogens with zero attached hydrogens (tertiary/aromatic N) is 2. The van der Waals surface area contributed by atoms with Crippen LogP contribution in [0, 0.1) is 6.92 Å². The highest BCUT2D eigenvalue weighted by Gasteiger charge is 2.29. The molecule has 2 N–H and O–H groups in total. The van der Waals surface area contributed by atoms with Crippen LogP contribution in [0.15, 0.2) is 6.20 Å². The van der Waals surface area contributed by atoms with E-state index in [4.69, 9.17) is 4.74 Å². The number of carbonyl (C=O) groups excluding carboxylic acids is 1. The van der Waals surface area contributed by atoms with E-state index in [2.05, 4.69) is 20.6 Å². The molecule has 0 spiro atoms. The largest absolute Gasteiger partial charge is 0.378 e. The first-order valence-corrected chi connectivity index (χ1v) is 6.52. The predicted molar refractivity (Wildman–Crippen MR) is 78.3 cm³/mol. The molecule has 6 nitrogen and oxygen atoms in total. The SMILES string of the molecule is CCc1nc(C)ncc1C(=O)NC1CNC[C@@H]1OC.Cl. The molecular weight excluding hydrogens is 280 g/mol. The Hall–Kier alpha value is -1.24. The third kappa shape index (κ3) is 3.65. The van der Waals surface area contributed by atoms with Crippen molar-refractivity contribution in [3.63, 3.8) is 0 Å². The summed E-state index contributed by atoms with van der Waals surface area (Å²) in [6.45, 7) is 5.28. The summed E-state index contributed by atoms with van der Waals surface area (Å²) < 4.78 is 5.33. The lowest BCUT2D eigenvalue weighted by atomic mass is 10.1. The molecule has 0 bridgehead atoms. The smallest absolute Gasteiger partial charge is 0.255 e. The fourth-order valence-electron chi connectivity index (χ4n) is 2.27. The van der Waals surface area contributed by atoms with Gasteiger partial charge in [0.05, 0.1) is 23.4 Å². The highest BCUT2D eigenvalue weighted by Crippen LogP contribution is 2.09. The Morgan fingerprint density at radius 3 is 2.95 bits per heavy atom. The van der Waals surface area contributed by atoms with E-state index >= 15 is 0 Å². The summed E-state index contributed by atoms with van der Waals surface area (Å²) in [6, 6.07) is -0.0106. The van der Waals surface area contributed by atoms with E-state index in [0.29, 0.717) is 17.8 Å². The summed E-state index contributed by atoms with van der Waals surface area (Å²) in [6.07, 6.45) is 2.32. The van der Waals surface area contributed by atoms with Gasteiger partial charge in [0.15, 0.2) is 0 Å². The molecule has 7 heteroatoms. The number of hydrogen-bond donors (Lipinski definition) is 2. The third-order valence-corrected chi connectivity index (χ3v) is 3.35. The maximum Gasteiger partial charge on any atom is 0.255 e. The molecule has 2 rings (SSSR count). The van der Waals surface area contributed by atoms with Crippen LogP contribution in [0.25, 0.3) is 0 Å². The number of carbonyl (C=O) groups is 1. The molecule has 112 valence electrons. The Bertz CT molecular complexity index is 470. The van der Waals surface area contributed by atoms with Gasteiger partial charge >= 0.3 is 0 Å². The Labute approximate surface area is 125 Å². The Morgan fingerprint density at radius 2 is 2.30 bits per heavy atom. The quantitative estimate of drug-likeness (QED) is 0.846. The summed E-state index contributed by atoms with van der Waals surface area (Å²) in [5, 5.41) is 6.18. The van der Waals surface area contributed by atoms with Crippen LogP contribution in [0.2, 0.25) is 0 Å². The topological polar surface area (TPSA) is 76.1 Å². The summed E-state index contributed by atoms with van der Waals surface area (Å²) in [4.78, 5) is 20.7. The van der Waals surface area contributed by atoms with Crippen molar-refractivity contribution in [3.05, 3.63) is 23.3 Å². The second-order valence-corrected chi connectivity index (χ2v) is 4.64. The normalized spacial score (nSPS) is 21.4. The minimum Gasteiger partial charge on any atom is -0.378 e. The highest BCUT2D eigenvalue weighted by molar-refractivity contribution is 5.95. The van der Waals surface area contributed by atoms with Crippen LogP contribution in [0.5, 0.6) is 0 Å². The van der Waals surface area contributed by atoms with Gasteiger partial charge in [0.1, 0.15) is 5.82 Å². The van der Waals surface area contributed by atoms with Crippen molar-refractivity contribution < 1.29 is 9.53 Å². The molecule has 1 aromatic heterocycles. The van der Waals surface area contributed by atoms with Crippen molar-refractivity contribution in [1.29, 1.82) is 0 Å². The summed E-state index contributed by atoms with van der Waals surface area (Å²) in [5.41, 5.74) is 1.33. The molecular formula is C13H21ClN4O2. The molecule has 1 aliphatic heterocycles. The molecule has 1 aromatic rings. The molecule has 1 aliphatic rings. The monoisotopic (exact) mass is 300 g/mol. The first-order chi connectivity index (χ1) is 9.15. The fraction of sp³-hybridized carbons (Fsp3) is 0.615. The zero-order valence-electron chi connectivity index (χ0n) is 12.0. The van der Waals surface area contributed by atoms with Gasteiger partial charge in [-0.25, -0.2) is 9.97 Å². The lowest BCUT2D eigenvalue weighted by molar-refractivity contribution is 0.0778. The van der Waals surface area contributed by atoms with Crippen LogP contribution in [0.1, 0.15) is 28.8 Å². The summed E-state index contributed by atoms with van der Waals surface area (Å²) in [7, 11) is 1.66. The fourth-order valence-corrected chi connectivity index (χ4v) is 2.27. The second-order valence-electron chi connectivity index (χ2n) is 4.64. The Morgan fingerprint density at radius 1 is 1.55 bits per heavy atom. The zero-order valence-corrected chi connectivity index (χ0v) is 12.8. The predicted octanol–water partition coefficient (Wildman–Crippen LogP) is 0.486. The third-order valence-electron chi connectivity index (χ3n) is 3.35. The van der Waals surface area contributed by atoms with E-state index in [-0.39, 0.29) is 30.5 Å². The molecule has 2 heterocycles. The Balaban J connectivity index is 0.00000200. The molecule has 2 atom stereocenters. The molecule has 1 unspecified atom stereocenters. The van der Waals surface area contributed by atoms with Gasteiger partial charge in [-0.15, -0.1) is 12.4 Å². The van der Waals surface area contributed by atoms with Gasteiger partial charge in [0, 0.05) is 26.4 Å². The van der Waals surface area contributed by atoms with E-state index in [1.165, 1.54) is 0 Å². The van der Waals surface area contributed by atoms with Crippen molar-refractivity contribution in [2.75, 3.05) is 20.2 Å². The first kappa shape index (κ1) is 16.8. The van der Waals surface area contributed by atoms with Gasteiger partial charge in [-0.2, -0.15) is 0 Å². The number of halogens is 1. The van der Waals surface area contributed by atoms with Crippen LogP contribution in [-0.4, -0.2) is 48.2 Å². The lowest BCUT2D eigenvalue weighted by Crippen LogP contribution is -2.43. The average Bonchev–Trinajstić information content (AvgIpc) is 2.85. The number of aryl methyl sites for hydroxylation is 2. The van der Waals surface area contributed by atoms with E-state index in [0.717, 1.165) is 18.8 Å². The lowest BCUT2D eigenvalue weighted by Gasteiger charge is -2.19. The van der Waals surface area contributed by atoms with Crippen molar-refractivity contribution in [2.24, 2.45) is 0 Å². The molecule has 1 amide bonds. The maximum absolute atomic E-state index is 12.3. The summed E-state index contributed by atoms with van der Waals surface area (Å²) >= 11 is 0. The van der Waals surface area contributed by atoms with Crippen LogP contribution >= 0.6 is 12.4 Å². The Kier molecular flexibility index (Phi) is 6.32. The maximum atomic E-state index is 12.3. The number of nitrogens with one attached hydrogen (secondary N) is 2. The van der Waals surface area contributed by atoms with Gasteiger partial charge in [-0.3, -0.25) is 4.79 Å². The number of hydrogen-bond acceptors (Lipinski definition) is 5. The highest BCUT2D eigenvalue weighted by atomic mass is 35.5. The standard InChI is InChI=1S/C13H20N4O2.ClH/c1-4-10-9(5-15-8(2)16-10)13(18)17-11-6-14-7-12(11)19-3;/h5,11-12,14H,4,6-7H2,1-3H3,(H,17,18);1H/t11?,12-;/m0./s1. The number of ether oxygens (including phenoxy) is 1. The molecule has 0 aromatic carbocycles. The van der Waals surface area contributed by atoms with Crippen molar-refractivity contribution >= 4 is 18.3 Å².